The SMILES string of the molecule is CCCCNCC(C)OC1CC2CCC1(C)C2(C)C. The van der Waals surface area contributed by atoms with E-state index in [4.69, 9.17) is 4.74 Å². The third-order valence-corrected chi connectivity index (χ3v) is 6.25. The van der Waals surface area contributed by atoms with Crippen molar-refractivity contribution < 1.29 is 4.74 Å². The summed E-state index contributed by atoms with van der Waals surface area (Å²) in [5.74, 6) is 0.878. The molecule has 0 amide bonds. The number of hydrogen-bond donors (Lipinski definition) is 1. The molecule has 0 aromatic rings. The van der Waals surface area contributed by atoms with Crippen LogP contribution in [0.4, 0.5) is 0 Å². The van der Waals surface area contributed by atoms with Crippen molar-refractivity contribution in [3.05, 3.63) is 0 Å². The monoisotopic (exact) mass is 267 g/mol. The second kappa shape index (κ2) is 5.73. The van der Waals surface area contributed by atoms with Gasteiger partial charge in [-0.3, -0.25) is 0 Å². The van der Waals surface area contributed by atoms with Gasteiger partial charge >= 0.3 is 0 Å². The molecular weight excluding hydrogens is 234 g/mol. The van der Waals surface area contributed by atoms with E-state index >= 15 is 0 Å². The standard InChI is InChI=1S/C17H33NO/c1-6-7-10-18-12-13(2)19-15-11-14-8-9-17(15,5)16(14,3)4/h13-15,18H,6-12H2,1-5H3. The lowest BCUT2D eigenvalue weighted by atomic mass is 9.70. The molecule has 2 aliphatic carbocycles. The molecule has 0 aromatic carbocycles. The fourth-order valence-electron chi connectivity index (χ4n) is 4.27. The Hall–Kier alpha value is -0.0800. The fraction of sp³-hybridized carbons (Fsp3) is 1.00. The predicted molar refractivity (Wildman–Crippen MR) is 81.3 cm³/mol. The van der Waals surface area contributed by atoms with Crippen molar-refractivity contribution in [1.29, 1.82) is 0 Å². The van der Waals surface area contributed by atoms with Crippen molar-refractivity contribution >= 4 is 0 Å². The van der Waals surface area contributed by atoms with E-state index < -0.39 is 0 Å². The van der Waals surface area contributed by atoms with Crippen LogP contribution in [0.5, 0.6) is 0 Å². The van der Waals surface area contributed by atoms with E-state index in [1.807, 2.05) is 0 Å². The van der Waals surface area contributed by atoms with Crippen molar-refractivity contribution in [2.75, 3.05) is 13.1 Å². The topological polar surface area (TPSA) is 21.3 Å². The van der Waals surface area contributed by atoms with Gasteiger partial charge in [0.25, 0.3) is 0 Å². The van der Waals surface area contributed by atoms with Crippen molar-refractivity contribution in [1.82, 2.24) is 5.32 Å². The third kappa shape index (κ3) is 2.71. The van der Waals surface area contributed by atoms with Gasteiger partial charge in [0.1, 0.15) is 0 Å². The van der Waals surface area contributed by atoms with Crippen LogP contribution < -0.4 is 5.32 Å². The molecule has 2 bridgehead atoms. The summed E-state index contributed by atoms with van der Waals surface area (Å²) < 4.78 is 6.40. The van der Waals surface area contributed by atoms with Gasteiger partial charge in [0.15, 0.2) is 0 Å². The molecule has 2 aliphatic rings. The molecule has 112 valence electrons. The minimum Gasteiger partial charge on any atom is -0.373 e. The maximum Gasteiger partial charge on any atom is 0.0675 e. The van der Waals surface area contributed by atoms with Crippen LogP contribution in [0.1, 0.15) is 66.7 Å². The molecule has 2 heteroatoms. The molecule has 4 atom stereocenters. The molecule has 2 nitrogen and oxygen atoms in total. The Labute approximate surface area is 119 Å². The van der Waals surface area contributed by atoms with Crippen LogP contribution in [-0.4, -0.2) is 25.3 Å². The van der Waals surface area contributed by atoms with E-state index in [0.717, 1.165) is 19.0 Å². The maximum atomic E-state index is 6.40. The zero-order chi connectivity index (χ0) is 14.1. The average Bonchev–Trinajstić information content (AvgIpc) is 2.68. The highest BCUT2D eigenvalue weighted by atomic mass is 16.5. The van der Waals surface area contributed by atoms with Crippen molar-refractivity contribution in [3.8, 4) is 0 Å². The van der Waals surface area contributed by atoms with Crippen molar-refractivity contribution in [3.63, 3.8) is 0 Å². The summed E-state index contributed by atoms with van der Waals surface area (Å²) in [5.41, 5.74) is 0.863. The highest BCUT2D eigenvalue weighted by Gasteiger charge is 2.62. The van der Waals surface area contributed by atoms with Gasteiger partial charge in [-0.15, -0.1) is 0 Å². The fourth-order valence-corrected chi connectivity index (χ4v) is 4.27. The summed E-state index contributed by atoms with van der Waals surface area (Å²) in [7, 11) is 0. The van der Waals surface area contributed by atoms with Crippen molar-refractivity contribution in [2.24, 2.45) is 16.7 Å². The second-order valence-electron chi connectivity index (χ2n) is 7.60. The zero-order valence-electron chi connectivity index (χ0n) is 13.6. The molecule has 0 heterocycles. The Morgan fingerprint density at radius 1 is 1.32 bits per heavy atom. The first kappa shape index (κ1) is 15.3. The summed E-state index contributed by atoms with van der Waals surface area (Å²) in [6, 6.07) is 0. The average molecular weight is 267 g/mol. The maximum absolute atomic E-state index is 6.40. The normalized spacial score (nSPS) is 37.7. The summed E-state index contributed by atoms with van der Waals surface area (Å²) in [4.78, 5) is 0. The number of ether oxygens (including phenoxy) is 1. The molecule has 2 saturated carbocycles. The van der Waals surface area contributed by atoms with Crippen LogP contribution in [0.15, 0.2) is 0 Å². The second-order valence-corrected chi connectivity index (χ2v) is 7.60. The lowest BCUT2D eigenvalue weighted by Gasteiger charge is -2.40. The van der Waals surface area contributed by atoms with Crippen LogP contribution in [-0.2, 0) is 4.74 Å². The Morgan fingerprint density at radius 3 is 2.58 bits per heavy atom. The highest BCUT2D eigenvalue weighted by molar-refractivity contribution is 5.11. The molecule has 2 rings (SSSR count). The smallest absolute Gasteiger partial charge is 0.0675 e. The molecule has 1 N–H and O–H groups in total. The van der Waals surface area contributed by atoms with E-state index in [-0.39, 0.29) is 0 Å². The van der Waals surface area contributed by atoms with Crippen LogP contribution >= 0.6 is 0 Å². The van der Waals surface area contributed by atoms with Gasteiger partial charge in [-0.05, 0) is 55.9 Å². The first-order valence-corrected chi connectivity index (χ1v) is 8.28. The summed E-state index contributed by atoms with van der Waals surface area (Å²) in [6.07, 6.45) is 7.39. The van der Waals surface area contributed by atoms with Crippen molar-refractivity contribution in [2.45, 2.75) is 78.9 Å². The Balaban J connectivity index is 1.81. The van der Waals surface area contributed by atoms with E-state index in [2.05, 4.69) is 39.9 Å². The first-order valence-electron chi connectivity index (χ1n) is 8.28. The van der Waals surface area contributed by atoms with Gasteiger partial charge in [-0.1, -0.05) is 34.1 Å². The number of nitrogens with one attached hydrogen (secondary N) is 1. The predicted octanol–water partition coefficient (Wildman–Crippen LogP) is 4.00. The number of rotatable bonds is 7. The van der Waals surface area contributed by atoms with Crippen LogP contribution in [0.3, 0.4) is 0 Å². The zero-order valence-corrected chi connectivity index (χ0v) is 13.6. The third-order valence-electron chi connectivity index (χ3n) is 6.25. The molecule has 4 unspecified atom stereocenters. The Morgan fingerprint density at radius 2 is 2.05 bits per heavy atom. The van der Waals surface area contributed by atoms with E-state index in [1.165, 1.54) is 32.1 Å². The minimum absolute atomic E-state index is 0.342. The number of hydrogen-bond acceptors (Lipinski definition) is 2. The van der Waals surface area contributed by atoms with Crippen LogP contribution in [0.25, 0.3) is 0 Å². The lowest BCUT2D eigenvalue weighted by Crippen LogP contribution is -2.40. The molecule has 0 aromatic heterocycles. The summed E-state index contributed by atoms with van der Waals surface area (Å²) in [6.45, 7) is 14.0. The van der Waals surface area contributed by atoms with Gasteiger partial charge in [0, 0.05) is 6.54 Å². The Kier molecular flexibility index (Phi) is 4.62. The van der Waals surface area contributed by atoms with Crippen LogP contribution in [0, 0.1) is 16.7 Å². The minimum atomic E-state index is 0.342. The van der Waals surface area contributed by atoms with Crippen LogP contribution in [0.2, 0.25) is 0 Å². The van der Waals surface area contributed by atoms with Gasteiger partial charge in [-0.2, -0.15) is 0 Å². The van der Waals surface area contributed by atoms with E-state index in [0.29, 0.717) is 23.0 Å². The number of fused-ring (bicyclic) bond motifs is 2. The lowest BCUT2D eigenvalue weighted by molar-refractivity contribution is -0.0790. The van der Waals surface area contributed by atoms with Gasteiger partial charge < -0.3 is 10.1 Å². The largest absolute Gasteiger partial charge is 0.373 e. The molecule has 2 fully saturated rings. The van der Waals surface area contributed by atoms with Gasteiger partial charge in [-0.25, -0.2) is 0 Å². The van der Waals surface area contributed by atoms with E-state index in [1.54, 1.807) is 0 Å². The molecule has 19 heavy (non-hydrogen) atoms. The summed E-state index contributed by atoms with van der Waals surface area (Å²) >= 11 is 0. The van der Waals surface area contributed by atoms with E-state index in [9.17, 15) is 0 Å². The highest BCUT2D eigenvalue weighted by Crippen LogP contribution is 2.66. The Bertz CT molecular complexity index is 302. The molecule has 0 radical (unpaired) electrons. The quantitative estimate of drug-likeness (QED) is 0.704. The number of unbranched alkanes of at least 4 members (excludes halogenated alkanes) is 1. The molecule has 0 spiro atoms. The van der Waals surface area contributed by atoms with Gasteiger partial charge in [0.2, 0.25) is 0 Å². The summed E-state index contributed by atoms with van der Waals surface area (Å²) in [5, 5.41) is 3.51. The molecular formula is C17H33NO. The first-order chi connectivity index (χ1) is 8.91. The molecule has 0 saturated heterocycles. The molecule has 0 aliphatic heterocycles. The van der Waals surface area contributed by atoms with Gasteiger partial charge in [0.05, 0.1) is 12.2 Å².